The SMILES string of the molecule is N#Cc1ccc(-c2nc(-c3ccc(-c4nc5ccccc5c5c4c4ccccc4n5-c4ccccc4)cc3)nc(-c3cccc(-c4ccccc4)c3)n2)cc1.N#Cc1cccc(-c2cc(-c3ccc(-c4nc5ccccc5c5c4c4ccccc4n5-c4ccccc4)cc3)nc(-c3ccc(-c4ccccc4)cc3)n2)c1. The van der Waals surface area contributed by atoms with Crippen LogP contribution < -0.4 is 0 Å². The molecule has 0 aliphatic rings. The fourth-order valence-corrected chi connectivity index (χ4v) is 15.0. The minimum atomic E-state index is 0.533. The molecule has 0 N–H and O–H groups in total. The highest BCUT2D eigenvalue weighted by Crippen LogP contribution is 2.44. The first-order valence-electron chi connectivity index (χ1n) is 36.4. The molecule has 0 amide bonds. The molecule has 14 aromatic carbocycles. The quantitative estimate of drug-likeness (QED) is 0.117. The number of fused-ring (bicyclic) bond motifs is 10. The van der Waals surface area contributed by atoms with Crippen LogP contribution in [0.15, 0.2) is 370 Å². The van der Waals surface area contributed by atoms with E-state index >= 15 is 0 Å². The van der Waals surface area contributed by atoms with Gasteiger partial charge in [-0.2, -0.15) is 10.5 Å². The second-order valence-corrected chi connectivity index (χ2v) is 27.0. The first kappa shape index (κ1) is 65.3. The average molecular weight is 1400 g/mol. The number of para-hydroxylation sites is 6. The van der Waals surface area contributed by atoms with Gasteiger partial charge in [0.1, 0.15) is 0 Å². The molecule has 0 bridgehead atoms. The van der Waals surface area contributed by atoms with E-state index in [2.05, 4.69) is 282 Å². The highest BCUT2D eigenvalue weighted by Gasteiger charge is 2.24. The Kier molecular flexibility index (Phi) is 16.8. The number of rotatable bonds is 12. The van der Waals surface area contributed by atoms with Gasteiger partial charge in [0.05, 0.1) is 79.1 Å². The van der Waals surface area contributed by atoms with Gasteiger partial charge in [-0.25, -0.2) is 34.9 Å². The zero-order chi connectivity index (χ0) is 73.4. The molecule has 6 heterocycles. The van der Waals surface area contributed by atoms with Crippen molar-refractivity contribution < 1.29 is 0 Å². The predicted molar refractivity (Wildman–Crippen MR) is 445 cm³/mol. The van der Waals surface area contributed by atoms with Crippen molar-refractivity contribution in [3.05, 3.63) is 381 Å². The molecule has 0 fully saturated rings. The van der Waals surface area contributed by atoms with Gasteiger partial charge in [-0.15, -0.1) is 0 Å². The third kappa shape index (κ3) is 12.2. The molecule has 6 aromatic heterocycles. The summed E-state index contributed by atoms with van der Waals surface area (Å²) in [4.78, 5) is 35.8. The lowest BCUT2D eigenvalue weighted by atomic mass is 10.00. The maximum Gasteiger partial charge on any atom is 0.164 e. The van der Waals surface area contributed by atoms with Gasteiger partial charge in [0.2, 0.25) is 0 Å². The molecular weight excluding hydrogens is 1340 g/mol. The molecule has 0 atom stereocenters. The van der Waals surface area contributed by atoms with Crippen LogP contribution in [-0.2, 0) is 0 Å². The van der Waals surface area contributed by atoms with E-state index in [1.165, 1.54) is 0 Å². The van der Waals surface area contributed by atoms with Gasteiger partial charge in [0, 0.05) is 88.2 Å². The van der Waals surface area contributed by atoms with E-state index in [4.69, 9.17) is 34.9 Å². The Hall–Kier alpha value is -15.4. The molecule has 0 unspecified atom stereocenters. The number of pyridine rings is 2. The molecule has 0 aliphatic carbocycles. The Balaban J connectivity index is 0.000000149. The first-order valence-corrected chi connectivity index (χ1v) is 36.4. The molecule has 0 saturated heterocycles. The minimum absolute atomic E-state index is 0.533. The van der Waals surface area contributed by atoms with Gasteiger partial charge in [0.15, 0.2) is 23.3 Å². The Bertz CT molecular complexity index is 6990. The Labute approximate surface area is 633 Å². The van der Waals surface area contributed by atoms with E-state index < -0.39 is 0 Å². The number of benzene rings is 14. The van der Waals surface area contributed by atoms with Crippen molar-refractivity contribution in [1.29, 1.82) is 10.5 Å². The van der Waals surface area contributed by atoms with E-state index in [9.17, 15) is 10.5 Å². The minimum Gasteiger partial charge on any atom is -0.308 e. The van der Waals surface area contributed by atoms with E-state index in [0.717, 1.165) is 166 Å². The Morgan fingerprint density at radius 3 is 1.06 bits per heavy atom. The molecule has 20 aromatic rings. The second kappa shape index (κ2) is 28.2. The summed E-state index contributed by atoms with van der Waals surface area (Å²) < 4.78 is 4.72. The van der Waals surface area contributed by atoms with Gasteiger partial charge in [-0.1, -0.05) is 273 Å². The third-order valence-electron chi connectivity index (χ3n) is 20.3. The summed E-state index contributed by atoms with van der Waals surface area (Å²) in [5, 5.41) is 25.8. The summed E-state index contributed by atoms with van der Waals surface area (Å²) in [7, 11) is 0. The maximum absolute atomic E-state index is 9.67. The Morgan fingerprint density at radius 1 is 0.218 bits per heavy atom. The lowest BCUT2D eigenvalue weighted by Crippen LogP contribution is -2.00. The van der Waals surface area contributed by atoms with E-state index in [1.54, 1.807) is 12.1 Å². The van der Waals surface area contributed by atoms with Crippen LogP contribution >= 0.6 is 0 Å². The zero-order valence-corrected chi connectivity index (χ0v) is 59.1. The fraction of sp³-hybridized carbons (Fsp3) is 0. The topological polar surface area (TPSA) is 148 Å². The molecule has 0 saturated carbocycles. The average Bonchev–Trinajstić information content (AvgIpc) is 1.56. The summed E-state index contributed by atoms with van der Waals surface area (Å²) in [5.74, 6) is 2.27. The molecule has 0 aliphatic heterocycles. The van der Waals surface area contributed by atoms with E-state index in [1.807, 2.05) is 97.1 Å². The zero-order valence-electron chi connectivity index (χ0n) is 59.1. The molecule has 20 rings (SSSR count). The van der Waals surface area contributed by atoms with Crippen LogP contribution in [-0.4, -0.2) is 44.0 Å². The number of hydrogen-bond donors (Lipinski definition) is 0. The highest BCUT2D eigenvalue weighted by atomic mass is 15.0. The van der Waals surface area contributed by atoms with Crippen LogP contribution in [0.4, 0.5) is 0 Å². The molecule has 110 heavy (non-hydrogen) atoms. The number of nitrogens with zero attached hydrogens (tertiary/aromatic N) is 11. The monoisotopic (exact) mass is 1400 g/mol. The van der Waals surface area contributed by atoms with Crippen molar-refractivity contribution in [1.82, 2.24) is 44.0 Å². The summed E-state index contributed by atoms with van der Waals surface area (Å²) >= 11 is 0. The predicted octanol–water partition coefficient (Wildman–Crippen LogP) is 24.1. The smallest absolute Gasteiger partial charge is 0.164 e. The van der Waals surface area contributed by atoms with Crippen molar-refractivity contribution in [2.75, 3.05) is 0 Å². The van der Waals surface area contributed by atoms with E-state index in [-0.39, 0.29) is 0 Å². The van der Waals surface area contributed by atoms with Crippen molar-refractivity contribution in [2.45, 2.75) is 0 Å². The van der Waals surface area contributed by atoms with Gasteiger partial charge < -0.3 is 9.13 Å². The molecule has 0 spiro atoms. The van der Waals surface area contributed by atoms with Crippen molar-refractivity contribution in [3.63, 3.8) is 0 Å². The molecule has 11 heteroatoms. The number of aromatic nitrogens is 9. The largest absolute Gasteiger partial charge is 0.308 e. The van der Waals surface area contributed by atoms with Gasteiger partial charge in [-0.05, 0) is 119 Å². The number of hydrogen-bond acceptors (Lipinski definition) is 9. The summed E-state index contributed by atoms with van der Waals surface area (Å²) in [6.45, 7) is 0. The lowest BCUT2D eigenvalue weighted by Gasteiger charge is -2.12. The lowest BCUT2D eigenvalue weighted by molar-refractivity contribution is 1.07. The highest BCUT2D eigenvalue weighted by molar-refractivity contribution is 6.24. The summed E-state index contributed by atoms with van der Waals surface area (Å²) in [6.07, 6.45) is 0. The Morgan fingerprint density at radius 2 is 0.564 bits per heavy atom. The first-order chi connectivity index (χ1) is 54.4. The molecular formula is C99H61N11. The molecule has 0 radical (unpaired) electrons. The van der Waals surface area contributed by atoms with Gasteiger partial charge >= 0.3 is 0 Å². The summed E-state index contributed by atoms with van der Waals surface area (Å²) in [6, 6.07) is 131. The van der Waals surface area contributed by atoms with Crippen LogP contribution in [0.5, 0.6) is 0 Å². The number of nitriles is 2. The molecule has 512 valence electrons. The van der Waals surface area contributed by atoms with Crippen LogP contribution in [0, 0.1) is 22.7 Å². The standard InChI is InChI=1S/C50H31N5.C49H30N6/c51-32-33-12-11-15-39(30-33)45-31-44(53-50(54-45)38-28-22-35(23-29-38)34-13-3-1-4-14-34)36-24-26-37(27-25-36)48-47-42-19-8-10-21-46(42)55(40-16-5-2-6-17-40)49(47)41-18-7-9-20-43(41)52-48;50-31-32-22-24-35(25-23-32)47-52-48(54-49(53-47)38-15-11-14-37(30-38)33-12-3-1-4-13-33)36-28-26-34(27-29-36)45-44-41-19-8-10-21-43(41)55(39-16-5-2-6-17-39)46(44)40-18-7-9-20-42(40)51-45/h1-31H;1-30H. The second-order valence-electron chi connectivity index (χ2n) is 27.0. The van der Waals surface area contributed by atoms with E-state index in [0.29, 0.717) is 34.4 Å². The summed E-state index contributed by atoms with van der Waals surface area (Å²) in [5.41, 5.74) is 24.9. The van der Waals surface area contributed by atoms with Gasteiger partial charge in [-0.3, -0.25) is 0 Å². The van der Waals surface area contributed by atoms with Crippen molar-refractivity contribution in [3.8, 4) is 136 Å². The van der Waals surface area contributed by atoms with Crippen LogP contribution in [0.1, 0.15) is 11.1 Å². The molecule has 11 nitrogen and oxygen atoms in total. The fourth-order valence-electron chi connectivity index (χ4n) is 15.0. The third-order valence-corrected chi connectivity index (χ3v) is 20.3. The maximum atomic E-state index is 9.67. The van der Waals surface area contributed by atoms with Crippen LogP contribution in [0.3, 0.4) is 0 Å². The van der Waals surface area contributed by atoms with Crippen molar-refractivity contribution >= 4 is 65.4 Å². The van der Waals surface area contributed by atoms with Crippen LogP contribution in [0.2, 0.25) is 0 Å². The van der Waals surface area contributed by atoms with Crippen molar-refractivity contribution in [2.24, 2.45) is 0 Å². The normalized spacial score (nSPS) is 11.3. The van der Waals surface area contributed by atoms with Gasteiger partial charge in [0.25, 0.3) is 0 Å². The van der Waals surface area contributed by atoms with Crippen LogP contribution in [0.25, 0.3) is 190 Å².